The Hall–Kier alpha value is -2.30. The van der Waals surface area contributed by atoms with Gasteiger partial charge in [-0.25, -0.2) is 13.8 Å². The Bertz CT molecular complexity index is 600. The predicted octanol–water partition coefficient (Wildman–Crippen LogP) is 2.85. The molecule has 2 rings (SSSR count). The number of pyridine rings is 1. The van der Waals surface area contributed by atoms with E-state index in [9.17, 15) is 13.6 Å². The molecule has 92 valence electrons. The Labute approximate surface area is 102 Å². The van der Waals surface area contributed by atoms with Crippen molar-refractivity contribution in [2.75, 3.05) is 7.11 Å². The lowest BCUT2D eigenvalue weighted by Crippen LogP contribution is -1.97. The van der Waals surface area contributed by atoms with Gasteiger partial charge in [0.15, 0.2) is 17.9 Å². The molecule has 0 aliphatic heterocycles. The van der Waals surface area contributed by atoms with Gasteiger partial charge in [-0.3, -0.25) is 4.79 Å². The summed E-state index contributed by atoms with van der Waals surface area (Å²) in [5, 5.41) is 0. The average Bonchev–Trinajstić information content (AvgIpc) is 2.41. The SMILES string of the molecule is COc1nccc(C=O)c1-c1ccc(F)c(F)c1. The van der Waals surface area contributed by atoms with E-state index in [-0.39, 0.29) is 5.88 Å². The normalized spacial score (nSPS) is 10.2. The predicted molar refractivity (Wildman–Crippen MR) is 61.5 cm³/mol. The summed E-state index contributed by atoms with van der Waals surface area (Å²) >= 11 is 0. The lowest BCUT2D eigenvalue weighted by molar-refractivity contribution is 0.112. The van der Waals surface area contributed by atoms with Crippen LogP contribution in [0, 0.1) is 11.6 Å². The summed E-state index contributed by atoms with van der Waals surface area (Å²) < 4.78 is 31.1. The van der Waals surface area contributed by atoms with Crippen molar-refractivity contribution in [1.29, 1.82) is 0 Å². The van der Waals surface area contributed by atoms with Gasteiger partial charge in [0.1, 0.15) is 0 Å². The molecule has 0 aliphatic carbocycles. The van der Waals surface area contributed by atoms with Crippen molar-refractivity contribution in [2.45, 2.75) is 0 Å². The number of aldehydes is 1. The van der Waals surface area contributed by atoms with Gasteiger partial charge in [0.25, 0.3) is 0 Å². The van der Waals surface area contributed by atoms with Crippen LogP contribution in [0.3, 0.4) is 0 Å². The molecule has 0 radical (unpaired) electrons. The smallest absolute Gasteiger partial charge is 0.221 e. The van der Waals surface area contributed by atoms with Gasteiger partial charge in [-0.1, -0.05) is 6.07 Å². The quantitative estimate of drug-likeness (QED) is 0.785. The monoisotopic (exact) mass is 249 g/mol. The van der Waals surface area contributed by atoms with Crippen molar-refractivity contribution in [3.05, 3.63) is 47.7 Å². The number of carbonyl (C=O) groups excluding carboxylic acids is 1. The average molecular weight is 249 g/mol. The lowest BCUT2D eigenvalue weighted by Gasteiger charge is -2.09. The number of nitrogens with zero attached hydrogens (tertiary/aromatic N) is 1. The van der Waals surface area contributed by atoms with E-state index in [1.807, 2.05) is 0 Å². The number of aromatic nitrogens is 1. The second-order valence-corrected chi connectivity index (χ2v) is 3.53. The first-order chi connectivity index (χ1) is 8.67. The first-order valence-corrected chi connectivity index (χ1v) is 5.11. The Morgan fingerprint density at radius 1 is 1.22 bits per heavy atom. The number of hydrogen-bond donors (Lipinski definition) is 0. The van der Waals surface area contributed by atoms with Crippen molar-refractivity contribution < 1.29 is 18.3 Å². The molecule has 18 heavy (non-hydrogen) atoms. The van der Waals surface area contributed by atoms with E-state index < -0.39 is 11.6 Å². The summed E-state index contributed by atoms with van der Waals surface area (Å²) in [6.07, 6.45) is 2.02. The van der Waals surface area contributed by atoms with E-state index in [4.69, 9.17) is 4.74 Å². The van der Waals surface area contributed by atoms with E-state index >= 15 is 0 Å². The van der Waals surface area contributed by atoms with Gasteiger partial charge in [-0.2, -0.15) is 0 Å². The zero-order chi connectivity index (χ0) is 13.1. The third-order valence-corrected chi connectivity index (χ3v) is 2.48. The van der Waals surface area contributed by atoms with Crippen LogP contribution in [0.25, 0.3) is 11.1 Å². The van der Waals surface area contributed by atoms with Gasteiger partial charge < -0.3 is 4.74 Å². The van der Waals surface area contributed by atoms with E-state index in [0.717, 1.165) is 12.1 Å². The van der Waals surface area contributed by atoms with Gasteiger partial charge >= 0.3 is 0 Å². The molecule has 2 aromatic rings. The van der Waals surface area contributed by atoms with Crippen LogP contribution in [0.5, 0.6) is 5.88 Å². The second-order valence-electron chi connectivity index (χ2n) is 3.53. The number of carbonyl (C=O) groups is 1. The fraction of sp³-hybridized carbons (Fsp3) is 0.0769. The zero-order valence-electron chi connectivity index (χ0n) is 9.48. The molecule has 3 nitrogen and oxygen atoms in total. The molecule has 0 aliphatic rings. The van der Waals surface area contributed by atoms with Gasteiger partial charge in [-0.15, -0.1) is 0 Å². The molecule has 1 aromatic heterocycles. The fourth-order valence-electron chi connectivity index (χ4n) is 1.65. The molecular weight excluding hydrogens is 240 g/mol. The number of benzene rings is 1. The molecular formula is C13H9F2NO2. The van der Waals surface area contributed by atoms with Gasteiger partial charge in [-0.05, 0) is 23.8 Å². The largest absolute Gasteiger partial charge is 0.481 e. The van der Waals surface area contributed by atoms with Crippen LogP contribution in [-0.2, 0) is 0 Å². The molecule has 1 heterocycles. The maximum atomic E-state index is 13.2. The highest BCUT2D eigenvalue weighted by molar-refractivity contribution is 5.89. The molecule has 0 saturated heterocycles. The Kier molecular flexibility index (Phi) is 3.32. The number of hydrogen-bond acceptors (Lipinski definition) is 3. The van der Waals surface area contributed by atoms with Crippen molar-refractivity contribution in [3.63, 3.8) is 0 Å². The van der Waals surface area contributed by atoms with E-state index in [1.165, 1.54) is 25.4 Å². The summed E-state index contributed by atoms with van der Waals surface area (Å²) in [7, 11) is 1.39. The summed E-state index contributed by atoms with van der Waals surface area (Å²) in [4.78, 5) is 14.9. The van der Waals surface area contributed by atoms with Crippen LogP contribution in [0.15, 0.2) is 30.5 Å². The molecule has 0 N–H and O–H groups in total. The number of halogens is 2. The fourth-order valence-corrected chi connectivity index (χ4v) is 1.65. The second kappa shape index (κ2) is 4.91. The molecule has 0 fully saturated rings. The highest BCUT2D eigenvalue weighted by atomic mass is 19.2. The molecule has 0 saturated carbocycles. The Morgan fingerprint density at radius 3 is 2.61 bits per heavy atom. The highest BCUT2D eigenvalue weighted by Crippen LogP contribution is 2.31. The van der Waals surface area contributed by atoms with Crippen molar-refractivity contribution in [2.24, 2.45) is 0 Å². The third-order valence-electron chi connectivity index (χ3n) is 2.48. The van der Waals surface area contributed by atoms with Crippen LogP contribution in [0.1, 0.15) is 10.4 Å². The molecule has 0 atom stereocenters. The van der Waals surface area contributed by atoms with E-state index in [1.54, 1.807) is 0 Å². The van der Waals surface area contributed by atoms with Crippen LogP contribution in [0.2, 0.25) is 0 Å². The minimum Gasteiger partial charge on any atom is -0.481 e. The summed E-state index contributed by atoms with van der Waals surface area (Å²) in [6.45, 7) is 0. The number of methoxy groups -OCH3 is 1. The topological polar surface area (TPSA) is 39.2 Å². The van der Waals surface area contributed by atoms with Gasteiger partial charge in [0, 0.05) is 11.8 Å². The first kappa shape index (κ1) is 12.2. The van der Waals surface area contributed by atoms with Crippen LogP contribution < -0.4 is 4.74 Å². The molecule has 1 aromatic carbocycles. The summed E-state index contributed by atoms with van der Waals surface area (Å²) in [6, 6.07) is 4.84. The summed E-state index contributed by atoms with van der Waals surface area (Å²) in [5.41, 5.74) is 0.975. The number of rotatable bonds is 3. The molecule has 5 heteroatoms. The molecule has 0 amide bonds. The zero-order valence-corrected chi connectivity index (χ0v) is 9.48. The van der Waals surface area contributed by atoms with Crippen LogP contribution in [0.4, 0.5) is 8.78 Å². The maximum absolute atomic E-state index is 13.2. The molecule has 0 spiro atoms. The molecule has 0 unspecified atom stereocenters. The standard InChI is InChI=1S/C13H9F2NO2/c1-18-13-12(9(7-17)4-5-16-13)8-2-3-10(14)11(15)6-8/h2-7H,1H3. The Balaban J connectivity index is 2.68. The van der Waals surface area contributed by atoms with Gasteiger partial charge in [0.05, 0.1) is 12.7 Å². The minimum atomic E-state index is -0.991. The van der Waals surface area contributed by atoms with E-state index in [2.05, 4.69) is 4.98 Å². The minimum absolute atomic E-state index is 0.186. The summed E-state index contributed by atoms with van der Waals surface area (Å²) in [5.74, 6) is -1.75. The number of ether oxygens (including phenoxy) is 1. The Morgan fingerprint density at radius 2 is 2.00 bits per heavy atom. The van der Waals surface area contributed by atoms with E-state index in [0.29, 0.717) is 23.0 Å². The first-order valence-electron chi connectivity index (χ1n) is 5.11. The van der Waals surface area contributed by atoms with Crippen LogP contribution >= 0.6 is 0 Å². The van der Waals surface area contributed by atoms with Crippen molar-refractivity contribution >= 4 is 6.29 Å². The van der Waals surface area contributed by atoms with Crippen molar-refractivity contribution in [3.8, 4) is 17.0 Å². The third kappa shape index (κ3) is 2.07. The van der Waals surface area contributed by atoms with Crippen molar-refractivity contribution in [1.82, 2.24) is 4.98 Å². The lowest BCUT2D eigenvalue weighted by atomic mass is 10.0. The van der Waals surface area contributed by atoms with Gasteiger partial charge in [0.2, 0.25) is 5.88 Å². The molecule has 0 bridgehead atoms. The maximum Gasteiger partial charge on any atom is 0.221 e. The van der Waals surface area contributed by atoms with Crippen LogP contribution in [-0.4, -0.2) is 18.4 Å². The highest BCUT2D eigenvalue weighted by Gasteiger charge is 2.14.